The minimum atomic E-state index is 0. The SMILES string of the molecule is Br.c1ccc(Cc2nc3ccc4cc[nH]c4c3s2)cc1. The van der Waals surface area contributed by atoms with Gasteiger partial charge in [-0.1, -0.05) is 36.4 Å². The molecule has 0 radical (unpaired) electrons. The minimum absolute atomic E-state index is 0. The summed E-state index contributed by atoms with van der Waals surface area (Å²) < 4.78 is 1.26. The molecule has 0 saturated heterocycles. The van der Waals surface area contributed by atoms with Gasteiger partial charge in [-0.2, -0.15) is 0 Å². The molecule has 2 aromatic heterocycles. The molecular weight excluding hydrogens is 332 g/mol. The third-order valence-corrected chi connectivity index (χ3v) is 4.41. The lowest BCUT2D eigenvalue weighted by Crippen LogP contribution is -1.85. The summed E-state index contributed by atoms with van der Waals surface area (Å²) in [5.41, 5.74) is 3.60. The number of hydrogen-bond acceptors (Lipinski definition) is 2. The number of nitrogens with zero attached hydrogens (tertiary/aromatic N) is 1. The van der Waals surface area contributed by atoms with Crippen LogP contribution >= 0.6 is 28.3 Å². The van der Waals surface area contributed by atoms with E-state index in [4.69, 9.17) is 4.98 Å². The van der Waals surface area contributed by atoms with Gasteiger partial charge in [-0.25, -0.2) is 4.98 Å². The smallest absolute Gasteiger partial charge is 0.0983 e. The summed E-state index contributed by atoms with van der Waals surface area (Å²) in [5, 5.41) is 2.42. The molecule has 4 aromatic rings. The van der Waals surface area contributed by atoms with Crippen molar-refractivity contribution in [2.24, 2.45) is 0 Å². The van der Waals surface area contributed by atoms with Crippen LogP contribution in [0.2, 0.25) is 0 Å². The van der Waals surface area contributed by atoms with Gasteiger partial charge in [0.05, 0.1) is 20.7 Å². The molecule has 2 nitrogen and oxygen atoms in total. The van der Waals surface area contributed by atoms with E-state index in [9.17, 15) is 0 Å². The van der Waals surface area contributed by atoms with Crippen LogP contribution in [0, 0.1) is 0 Å². The highest BCUT2D eigenvalue weighted by atomic mass is 79.9. The first-order valence-electron chi connectivity index (χ1n) is 6.29. The fourth-order valence-electron chi connectivity index (χ4n) is 2.40. The normalized spacial score (nSPS) is 10.8. The van der Waals surface area contributed by atoms with E-state index in [1.54, 1.807) is 11.3 Å². The van der Waals surface area contributed by atoms with Crippen LogP contribution in [0.15, 0.2) is 54.7 Å². The van der Waals surface area contributed by atoms with Gasteiger partial charge in [0.25, 0.3) is 0 Å². The van der Waals surface area contributed by atoms with E-state index in [0.717, 1.165) is 11.9 Å². The predicted molar refractivity (Wildman–Crippen MR) is 91.0 cm³/mol. The number of thiazole rings is 1. The molecule has 0 bridgehead atoms. The molecule has 20 heavy (non-hydrogen) atoms. The van der Waals surface area contributed by atoms with E-state index in [-0.39, 0.29) is 17.0 Å². The number of halogens is 1. The number of H-pyrrole nitrogens is 1. The first kappa shape index (κ1) is 13.3. The molecule has 4 heteroatoms. The summed E-state index contributed by atoms with van der Waals surface area (Å²) in [6, 6.07) is 16.8. The molecule has 0 aliphatic heterocycles. The molecule has 0 aliphatic rings. The topological polar surface area (TPSA) is 28.7 Å². The number of nitrogens with one attached hydrogen (secondary N) is 1. The average Bonchev–Trinajstić information content (AvgIpc) is 3.04. The Hall–Kier alpha value is -1.65. The molecular formula is C16H13BrN2S. The van der Waals surface area contributed by atoms with Crippen LogP contribution in [0.4, 0.5) is 0 Å². The maximum Gasteiger partial charge on any atom is 0.0983 e. The molecule has 0 saturated carbocycles. The Labute approximate surface area is 131 Å². The van der Waals surface area contributed by atoms with Crippen LogP contribution in [0.1, 0.15) is 10.6 Å². The Balaban J connectivity index is 0.00000121. The van der Waals surface area contributed by atoms with Gasteiger partial charge in [-0.05, 0) is 17.7 Å². The summed E-state index contributed by atoms with van der Waals surface area (Å²) >= 11 is 1.78. The molecule has 2 heterocycles. The van der Waals surface area contributed by atoms with E-state index in [1.165, 1.54) is 26.2 Å². The lowest BCUT2D eigenvalue weighted by molar-refractivity contribution is 1.16. The Kier molecular flexibility index (Phi) is 3.59. The third kappa shape index (κ3) is 2.25. The quantitative estimate of drug-likeness (QED) is 0.547. The molecule has 100 valence electrons. The highest BCUT2D eigenvalue weighted by Crippen LogP contribution is 2.30. The fourth-order valence-corrected chi connectivity index (χ4v) is 3.52. The van der Waals surface area contributed by atoms with E-state index in [1.807, 2.05) is 12.3 Å². The van der Waals surface area contributed by atoms with E-state index in [2.05, 4.69) is 47.4 Å². The molecule has 2 aromatic carbocycles. The Bertz CT molecular complexity index is 849. The van der Waals surface area contributed by atoms with Crippen LogP contribution in [-0.4, -0.2) is 9.97 Å². The van der Waals surface area contributed by atoms with Gasteiger partial charge in [0.15, 0.2) is 0 Å². The monoisotopic (exact) mass is 344 g/mol. The van der Waals surface area contributed by atoms with Crippen molar-refractivity contribution < 1.29 is 0 Å². The first-order valence-corrected chi connectivity index (χ1v) is 7.11. The lowest BCUT2D eigenvalue weighted by Gasteiger charge is -1.95. The van der Waals surface area contributed by atoms with E-state index in [0.29, 0.717) is 0 Å². The molecule has 0 amide bonds. The standard InChI is InChI=1S/C16H12N2S.BrH/c1-2-4-11(5-3-1)10-14-18-13-7-6-12-8-9-17-15(12)16(13)19-14;/h1-9,17H,10H2;1H. The summed E-state index contributed by atoms with van der Waals surface area (Å²) in [6.07, 6.45) is 2.89. The van der Waals surface area contributed by atoms with Gasteiger partial charge >= 0.3 is 0 Å². The van der Waals surface area contributed by atoms with Gasteiger partial charge < -0.3 is 4.98 Å². The number of benzene rings is 2. The Morgan fingerprint density at radius 1 is 1.00 bits per heavy atom. The van der Waals surface area contributed by atoms with Gasteiger partial charge in [0.1, 0.15) is 0 Å². The van der Waals surface area contributed by atoms with Crippen LogP contribution in [0.25, 0.3) is 21.1 Å². The second-order valence-corrected chi connectivity index (χ2v) is 5.71. The summed E-state index contributed by atoms with van der Waals surface area (Å²) in [4.78, 5) is 8.05. The largest absolute Gasteiger partial charge is 0.360 e. The second kappa shape index (κ2) is 5.38. The number of aromatic amines is 1. The summed E-state index contributed by atoms with van der Waals surface area (Å²) in [6.45, 7) is 0. The van der Waals surface area contributed by atoms with E-state index < -0.39 is 0 Å². The van der Waals surface area contributed by atoms with E-state index >= 15 is 0 Å². The molecule has 0 aliphatic carbocycles. The maximum absolute atomic E-state index is 4.74. The van der Waals surface area contributed by atoms with Crippen molar-refractivity contribution in [1.82, 2.24) is 9.97 Å². The molecule has 1 N–H and O–H groups in total. The zero-order valence-corrected chi connectivity index (χ0v) is 13.2. The first-order chi connectivity index (χ1) is 9.40. The maximum atomic E-state index is 4.74. The predicted octanol–water partition coefficient (Wildman–Crippen LogP) is 4.95. The molecule has 0 unspecified atom stereocenters. The third-order valence-electron chi connectivity index (χ3n) is 3.32. The van der Waals surface area contributed by atoms with Crippen LogP contribution < -0.4 is 0 Å². The van der Waals surface area contributed by atoms with Crippen molar-refractivity contribution in [3.05, 3.63) is 65.3 Å². The zero-order valence-electron chi connectivity index (χ0n) is 10.7. The van der Waals surface area contributed by atoms with Crippen LogP contribution in [-0.2, 0) is 6.42 Å². The highest BCUT2D eigenvalue weighted by Gasteiger charge is 2.08. The van der Waals surface area contributed by atoms with Gasteiger partial charge in [0.2, 0.25) is 0 Å². The zero-order chi connectivity index (χ0) is 12.7. The summed E-state index contributed by atoms with van der Waals surface area (Å²) in [7, 11) is 0. The van der Waals surface area contributed by atoms with Crippen molar-refractivity contribution in [3.63, 3.8) is 0 Å². The summed E-state index contributed by atoms with van der Waals surface area (Å²) in [5.74, 6) is 0. The Morgan fingerprint density at radius 2 is 1.85 bits per heavy atom. The van der Waals surface area contributed by atoms with Crippen molar-refractivity contribution in [1.29, 1.82) is 0 Å². The molecule has 0 atom stereocenters. The van der Waals surface area contributed by atoms with Gasteiger partial charge in [0, 0.05) is 18.0 Å². The van der Waals surface area contributed by atoms with Crippen molar-refractivity contribution in [3.8, 4) is 0 Å². The minimum Gasteiger partial charge on any atom is -0.360 e. The average molecular weight is 345 g/mol. The van der Waals surface area contributed by atoms with Gasteiger partial charge in [-0.15, -0.1) is 28.3 Å². The molecule has 0 fully saturated rings. The highest BCUT2D eigenvalue weighted by molar-refractivity contribution is 8.93. The fraction of sp³-hybridized carbons (Fsp3) is 0.0625. The van der Waals surface area contributed by atoms with Crippen LogP contribution in [0.3, 0.4) is 0 Å². The molecule has 4 rings (SSSR count). The second-order valence-electron chi connectivity index (χ2n) is 4.63. The van der Waals surface area contributed by atoms with Gasteiger partial charge in [-0.3, -0.25) is 0 Å². The number of rotatable bonds is 2. The van der Waals surface area contributed by atoms with Crippen LogP contribution in [0.5, 0.6) is 0 Å². The number of aromatic nitrogens is 2. The lowest BCUT2D eigenvalue weighted by atomic mass is 10.2. The Morgan fingerprint density at radius 3 is 2.70 bits per heavy atom. The van der Waals surface area contributed by atoms with Crippen molar-refractivity contribution in [2.75, 3.05) is 0 Å². The van der Waals surface area contributed by atoms with Crippen molar-refractivity contribution in [2.45, 2.75) is 6.42 Å². The number of fused-ring (bicyclic) bond motifs is 3. The number of hydrogen-bond donors (Lipinski definition) is 1. The molecule has 0 spiro atoms. The van der Waals surface area contributed by atoms with Crippen molar-refractivity contribution >= 4 is 49.4 Å².